The number of anilines is 1. The highest BCUT2D eigenvalue weighted by molar-refractivity contribution is 9.10. The van der Waals surface area contributed by atoms with Gasteiger partial charge in [0.1, 0.15) is 0 Å². The molecular weight excluding hydrogens is 452 g/mol. The number of hydrogen-bond acceptors (Lipinski definition) is 3. The van der Waals surface area contributed by atoms with Gasteiger partial charge in [-0.3, -0.25) is 10.1 Å². The minimum Gasteiger partial charge on any atom is -0.381 e. The minimum absolute atomic E-state index is 0.0294. The molecule has 5 heteroatoms. The van der Waals surface area contributed by atoms with E-state index in [4.69, 9.17) is 0 Å². The molecule has 1 N–H and O–H groups in total. The van der Waals surface area contributed by atoms with Gasteiger partial charge in [-0.1, -0.05) is 72.8 Å². The average Bonchev–Trinajstić information content (AvgIpc) is 3.21. The maximum atomic E-state index is 11.6. The van der Waals surface area contributed by atoms with E-state index in [1.165, 1.54) is 11.1 Å². The Morgan fingerprint density at radius 3 is 2.39 bits per heavy atom. The third-order valence-corrected chi connectivity index (χ3v) is 7.79. The maximum Gasteiger partial charge on any atom is 0.211 e. The van der Waals surface area contributed by atoms with Gasteiger partial charge in [-0.15, -0.1) is 0 Å². The molecule has 3 aromatic carbocycles. The van der Waals surface area contributed by atoms with Crippen molar-refractivity contribution in [3.05, 3.63) is 110 Å². The van der Waals surface area contributed by atoms with Crippen molar-refractivity contribution in [1.29, 1.82) is 0 Å². The molecule has 2 aliphatic rings. The standard InChI is InChI=1S/C26H25BrN2O2/c27-23-13-7-12-20-24(18-10-5-2-6-11-18)21-15-14-19(25(21)28-26(20)23)22(16-29(30)31)17-8-3-1-4-9-17/h1-13,19,21-22,24-25,28H,14-16H2/t19-,21+,22-,24-,25-/m1/s1. The second-order valence-corrected chi connectivity index (χ2v) is 9.55. The zero-order valence-electron chi connectivity index (χ0n) is 17.2. The Kier molecular flexibility index (Phi) is 5.53. The molecule has 0 saturated heterocycles. The van der Waals surface area contributed by atoms with Crippen molar-refractivity contribution < 1.29 is 4.92 Å². The summed E-state index contributed by atoms with van der Waals surface area (Å²) in [4.78, 5) is 11.5. The summed E-state index contributed by atoms with van der Waals surface area (Å²) >= 11 is 3.75. The van der Waals surface area contributed by atoms with Crippen LogP contribution in [0.3, 0.4) is 0 Å². The van der Waals surface area contributed by atoms with E-state index in [1.54, 1.807) is 0 Å². The first-order valence-electron chi connectivity index (χ1n) is 10.9. The normalized spacial score (nSPS) is 25.2. The molecule has 0 spiro atoms. The van der Waals surface area contributed by atoms with Gasteiger partial charge in [0.15, 0.2) is 0 Å². The van der Waals surface area contributed by atoms with Crippen molar-refractivity contribution in [1.82, 2.24) is 0 Å². The summed E-state index contributed by atoms with van der Waals surface area (Å²) in [6, 6.07) is 27.3. The number of nitro groups is 1. The van der Waals surface area contributed by atoms with E-state index in [-0.39, 0.29) is 35.3 Å². The molecule has 1 saturated carbocycles. The van der Waals surface area contributed by atoms with Gasteiger partial charge in [-0.05, 0) is 63.4 Å². The lowest BCUT2D eigenvalue weighted by Crippen LogP contribution is -2.41. The molecule has 31 heavy (non-hydrogen) atoms. The SMILES string of the molecule is O=[N+]([O-])C[C@H](c1ccccc1)[C@H]1CC[C@H]2[C@H](c3ccccc3)c3cccc(Br)c3N[C@@H]21. The van der Waals surface area contributed by atoms with E-state index in [2.05, 4.69) is 69.8 Å². The zero-order valence-corrected chi connectivity index (χ0v) is 18.7. The third kappa shape index (κ3) is 3.76. The van der Waals surface area contributed by atoms with E-state index in [9.17, 15) is 10.1 Å². The number of nitrogens with one attached hydrogen (secondary N) is 1. The smallest absolute Gasteiger partial charge is 0.211 e. The molecular formula is C26H25BrN2O2. The molecule has 1 heterocycles. The largest absolute Gasteiger partial charge is 0.381 e. The first-order valence-corrected chi connectivity index (χ1v) is 11.7. The number of hydrogen-bond donors (Lipinski definition) is 1. The summed E-state index contributed by atoms with van der Waals surface area (Å²) in [6.45, 7) is -0.0294. The Labute approximate surface area is 191 Å². The van der Waals surface area contributed by atoms with Gasteiger partial charge < -0.3 is 5.32 Å². The van der Waals surface area contributed by atoms with Gasteiger partial charge in [0, 0.05) is 21.4 Å². The summed E-state index contributed by atoms with van der Waals surface area (Å²) in [7, 11) is 0. The first kappa shape index (κ1) is 20.3. The summed E-state index contributed by atoms with van der Waals surface area (Å²) in [5.41, 5.74) is 4.84. The highest BCUT2D eigenvalue weighted by Gasteiger charge is 2.49. The fourth-order valence-electron chi connectivity index (χ4n) is 5.89. The van der Waals surface area contributed by atoms with Crippen LogP contribution in [-0.4, -0.2) is 17.5 Å². The lowest BCUT2D eigenvalue weighted by atomic mass is 9.72. The number of para-hydroxylation sites is 1. The molecule has 1 fully saturated rings. The predicted molar refractivity (Wildman–Crippen MR) is 127 cm³/mol. The van der Waals surface area contributed by atoms with Crippen LogP contribution in [0, 0.1) is 22.0 Å². The van der Waals surface area contributed by atoms with E-state index in [0.717, 1.165) is 28.6 Å². The Hall–Kier alpha value is -2.66. The maximum absolute atomic E-state index is 11.6. The van der Waals surface area contributed by atoms with Crippen molar-refractivity contribution in [2.75, 3.05) is 11.9 Å². The lowest BCUT2D eigenvalue weighted by molar-refractivity contribution is -0.485. The van der Waals surface area contributed by atoms with Gasteiger partial charge >= 0.3 is 0 Å². The van der Waals surface area contributed by atoms with Crippen molar-refractivity contribution >= 4 is 21.6 Å². The van der Waals surface area contributed by atoms with Gasteiger partial charge in [0.25, 0.3) is 0 Å². The van der Waals surface area contributed by atoms with E-state index in [1.807, 2.05) is 30.3 Å². The minimum atomic E-state index is -0.146. The van der Waals surface area contributed by atoms with Crippen molar-refractivity contribution in [2.45, 2.75) is 30.7 Å². The van der Waals surface area contributed by atoms with Crippen molar-refractivity contribution in [3.63, 3.8) is 0 Å². The number of fused-ring (bicyclic) bond motifs is 2. The third-order valence-electron chi connectivity index (χ3n) is 7.12. The van der Waals surface area contributed by atoms with Crippen molar-refractivity contribution in [3.8, 4) is 0 Å². The highest BCUT2D eigenvalue weighted by Crippen LogP contribution is 2.54. The molecule has 4 nitrogen and oxygen atoms in total. The van der Waals surface area contributed by atoms with Crippen LogP contribution in [0.4, 0.5) is 5.69 Å². The molecule has 0 aromatic heterocycles. The molecule has 0 unspecified atom stereocenters. The van der Waals surface area contributed by atoms with Crippen LogP contribution >= 0.6 is 15.9 Å². The monoisotopic (exact) mass is 476 g/mol. The molecule has 0 bridgehead atoms. The predicted octanol–water partition coefficient (Wildman–Crippen LogP) is 6.46. The molecule has 5 rings (SSSR count). The van der Waals surface area contributed by atoms with E-state index >= 15 is 0 Å². The van der Waals surface area contributed by atoms with Gasteiger partial charge in [-0.25, -0.2) is 0 Å². The summed E-state index contributed by atoms with van der Waals surface area (Å²) in [5.74, 6) is 0.813. The number of benzene rings is 3. The zero-order chi connectivity index (χ0) is 21.4. The quantitative estimate of drug-likeness (QED) is 0.339. The van der Waals surface area contributed by atoms with E-state index in [0.29, 0.717) is 5.92 Å². The Balaban J connectivity index is 1.58. The molecule has 5 atom stereocenters. The van der Waals surface area contributed by atoms with Crippen LogP contribution in [0.15, 0.2) is 83.3 Å². The summed E-state index contributed by atoms with van der Waals surface area (Å²) in [6.07, 6.45) is 2.06. The van der Waals surface area contributed by atoms with Crippen LogP contribution in [0.5, 0.6) is 0 Å². The van der Waals surface area contributed by atoms with Crippen LogP contribution in [0.1, 0.15) is 41.4 Å². The second kappa shape index (κ2) is 8.46. The van der Waals surface area contributed by atoms with Gasteiger partial charge in [0.05, 0.1) is 11.6 Å². The Morgan fingerprint density at radius 2 is 1.68 bits per heavy atom. The molecule has 158 valence electrons. The van der Waals surface area contributed by atoms with Crippen LogP contribution in [0.2, 0.25) is 0 Å². The first-order chi connectivity index (χ1) is 15.1. The van der Waals surface area contributed by atoms with Gasteiger partial charge in [0.2, 0.25) is 6.54 Å². The molecule has 3 aromatic rings. The molecule has 0 radical (unpaired) electrons. The molecule has 1 aliphatic carbocycles. The number of rotatable bonds is 5. The Morgan fingerprint density at radius 1 is 0.968 bits per heavy atom. The average molecular weight is 477 g/mol. The highest BCUT2D eigenvalue weighted by atomic mass is 79.9. The summed E-state index contributed by atoms with van der Waals surface area (Å²) < 4.78 is 1.06. The Bertz CT molecular complexity index is 1070. The summed E-state index contributed by atoms with van der Waals surface area (Å²) in [5, 5.41) is 15.4. The second-order valence-electron chi connectivity index (χ2n) is 8.70. The number of halogens is 1. The molecule has 0 amide bonds. The number of nitrogens with zero attached hydrogens (tertiary/aromatic N) is 1. The van der Waals surface area contributed by atoms with E-state index < -0.39 is 0 Å². The lowest BCUT2D eigenvalue weighted by Gasteiger charge is -2.41. The fourth-order valence-corrected chi connectivity index (χ4v) is 6.38. The fraction of sp³-hybridized carbons (Fsp3) is 0.308. The van der Waals surface area contributed by atoms with Gasteiger partial charge in [-0.2, -0.15) is 0 Å². The van der Waals surface area contributed by atoms with Crippen molar-refractivity contribution in [2.24, 2.45) is 11.8 Å². The van der Waals surface area contributed by atoms with Crippen LogP contribution in [-0.2, 0) is 0 Å². The molecule has 1 aliphatic heterocycles. The van der Waals surface area contributed by atoms with Crippen LogP contribution in [0.25, 0.3) is 0 Å². The topological polar surface area (TPSA) is 55.2 Å². The van der Waals surface area contributed by atoms with Crippen LogP contribution < -0.4 is 5.32 Å².